The Balaban J connectivity index is 2.63. The summed E-state index contributed by atoms with van der Waals surface area (Å²) in [5.41, 5.74) is 6.30. The van der Waals surface area contributed by atoms with Gasteiger partial charge in [0.1, 0.15) is 5.75 Å². The van der Waals surface area contributed by atoms with Crippen LogP contribution in [0.5, 0.6) is 5.75 Å². The maximum Gasteiger partial charge on any atom is 0.234 e. The fourth-order valence-electron chi connectivity index (χ4n) is 1.57. The van der Waals surface area contributed by atoms with Crippen LogP contribution in [0.4, 0.5) is 0 Å². The van der Waals surface area contributed by atoms with Gasteiger partial charge in [0.2, 0.25) is 5.91 Å². The summed E-state index contributed by atoms with van der Waals surface area (Å²) in [6.07, 6.45) is 0. The molecule has 1 aromatic rings. The Morgan fingerprint density at radius 1 is 1.35 bits per heavy atom. The van der Waals surface area contributed by atoms with Crippen molar-refractivity contribution < 1.29 is 9.53 Å². The van der Waals surface area contributed by atoms with Crippen LogP contribution in [0.15, 0.2) is 24.3 Å². The second-order valence-electron chi connectivity index (χ2n) is 4.01. The Bertz CT molecular complexity index is 362. The van der Waals surface area contributed by atoms with Crippen molar-refractivity contribution in [1.29, 1.82) is 0 Å². The lowest BCUT2D eigenvalue weighted by molar-refractivity contribution is -0.119. The lowest BCUT2D eigenvalue weighted by Gasteiger charge is -2.18. The van der Waals surface area contributed by atoms with E-state index in [9.17, 15) is 4.79 Å². The van der Waals surface area contributed by atoms with E-state index in [1.807, 2.05) is 38.1 Å². The molecule has 0 saturated heterocycles. The average molecular weight is 236 g/mol. The van der Waals surface area contributed by atoms with Gasteiger partial charge in [-0.25, -0.2) is 0 Å². The molecule has 1 amide bonds. The number of amides is 1. The molecule has 4 heteroatoms. The van der Waals surface area contributed by atoms with E-state index in [4.69, 9.17) is 10.5 Å². The Hall–Kier alpha value is -1.55. The van der Waals surface area contributed by atoms with Crippen LogP contribution in [0.2, 0.25) is 0 Å². The number of benzene rings is 1. The Morgan fingerprint density at radius 3 is 2.41 bits per heavy atom. The smallest absolute Gasteiger partial charge is 0.234 e. The molecule has 0 aliphatic rings. The summed E-state index contributed by atoms with van der Waals surface area (Å²) in [6.45, 7) is 6.36. The predicted molar refractivity (Wildman–Crippen MR) is 67.8 cm³/mol. The largest absolute Gasteiger partial charge is 0.494 e. The highest BCUT2D eigenvalue weighted by Crippen LogP contribution is 2.17. The van der Waals surface area contributed by atoms with Gasteiger partial charge >= 0.3 is 0 Å². The van der Waals surface area contributed by atoms with E-state index in [0.717, 1.165) is 11.3 Å². The first-order chi connectivity index (χ1) is 8.04. The Labute approximate surface area is 102 Å². The summed E-state index contributed by atoms with van der Waals surface area (Å²) >= 11 is 0. The van der Waals surface area contributed by atoms with Gasteiger partial charge < -0.3 is 10.5 Å². The number of ether oxygens (including phenoxy) is 1. The molecule has 1 rings (SSSR count). The number of rotatable bonds is 6. The highest BCUT2D eigenvalue weighted by molar-refractivity contribution is 5.79. The van der Waals surface area contributed by atoms with Gasteiger partial charge in [0.05, 0.1) is 12.6 Å². The monoisotopic (exact) mass is 236 g/mol. The third-order valence-electron chi connectivity index (χ3n) is 2.62. The molecule has 2 unspecified atom stereocenters. The lowest BCUT2D eigenvalue weighted by atomic mass is 10.1. The third-order valence-corrected chi connectivity index (χ3v) is 2.62. The van der Waals surface area contributed by atoms with Gasteiger partial charge in [-0.15, -0.1) is 0 Å². The number of nitrogens with one attached hydrogen (secondary N) is 1. The summed E-state index contributed by atoms with van der Waals surface area (Å²) in [7, 11) is 0. The molecule has 0 saturated carbocycles. The molecule has 4 nitrogen and oxygen atoms in total. The number of hydrogen-bond acceptors (Lipinski definition) is 3. The molecule has 2 atom stereocenters. The summed E-state index contributed by atoms with van der Waals surface area (Å²) in [5.74, 6) is 0.509. The molecule has 0 bridgehead atoms. The molecular formula is C13H20N2O2. The van der Waals surface area contributed by atoms with Crippen LogP contribution >= 0.6 is 0 Å². The van der Waals surface area contributed by atoms with E-state index in [-0.39, 0.29) is 18.0 Å². The van der Waals surface area contributed by atoms with Gasteiger partial charge in [0, 0.05) is 6.04 Å². The molecule has 1 aromatic carbocycles. The van der Waals surface area contributed by atoms with E-state index in [1.54, 1.807) is 6.92 Å². The first kappa shape index (κ1) is 13.5. The van der Waals surface area contributed by atoms with E-state index in [1.165, 1.54) is 0 Å². The van der Waals surface area contributed by atoms with E-state index in [0.29, 0.717) is 6.61 Å². The maximum absolute atomic E-state index is 10.9. The topological polar surface area (TPSA) is 64.3 Å². The molecule has 0 aliphatic carbocycles. The first-order valence-corrected chi connectivity index (χ1v) is 5.82. The molecule has 0 aliphatic heterocycles. The number of carbonyl (C=O) groups is 1. The fraction of sp³-hybridized carbons (Fsp3) is 0.462. The third kappa shape index (κ3) is 4.07. The lowest BCUT2D eigenvalue weighted by Crippen LogP contribution is -2.39. The van der Waals surface area contributed by atoms with Gasteiger partial charge in [0.15, 0.2) is 0 Å². The quantitative estimate of drug-likeness (QED) is 0.788. The van der Waals surface area contributed by atoms with Crippen molar-refractivity contribution in [3.63, 3.8) is 0 Å². The highest BCUT2D eigenvalue weighted by atomic mass is 16.5. The van der Waals surface area contributed by atoms with Crippen molar-refractivity contribution in [3.8, 4) is 5.75 Å². The molecule has 17 heavy (non-hydrogen) atoms. The Kier molecular flexibility index (Phi) is 4.97. The van der Waals surface area contributed by atoms with Crippen molar-refractivity contribution in [2.24, 2.45) is 5.73 Å². The maximum atomic E-state index is 10.9. The number of primary amides is 1. The second kappa shape index (κ2) is 6.25. The molecule has 0 spiro atoms. The van der Waals surface area contributed by atoms with Crippen LogP contribution < -0.4 is 15.8 Å². The average Bonchev–Trinajstić information content (AvgIpc) is 2.30. The SMILES string of the molecule is CCOc1ccc(C(C)NC(C)C(N)=O)cc1. The predicted octanol–water partition coefficient (Wildman–Crippen LogP) is 1.61. The minimum atomic E-state index is -0.345. The number of hydrogen-bond donors (Lipinski definition) is 2. The number of carbonyl (C=O) groups excluding carboxylic acids is 1. The molecule has 0 fully saturated rings. The van der Waals surface area contributed by atoms with Crippen LogP contribution in [-0.4, -0.2) is 18.6 Å². The highest BCUT2D eigenvalue weighted by Gasteiger charge is 2.13. The minimum Gasteiger partial charge on any atom is -0.494 e. The minimum absolute atomic E-state index is 0.0770. The normalized spacial score (nSPS) is 14.1. The van der Waals surface area contributed by atoms with Crippen molar-refractivity contribution in [3.05, 3.63) is 29.8 Å². The van der Waals surface area contributed by atoms with Gasteiger partial charge in [-0.3, -0.25) is 10.1 Å². The molecule has 3 N–H and O–H groups in total. The molecular weight excluding hydrogens is 216 g/mol. The van der Waals surface area contributed by atoms with Gasteiger partial charge in [0.25, 0.3) is 0 Å². The molecule has 0 radical (unpaired) electrons. The van der Waals surface area contributed by atoms with Gasteiger partial charge in [-0.05, 0) is 38.5 Å². The van der Waals surface area contributed by atoms with Gasteiger partial charge in [-0.1, -0.05) is 12.1 Å². The van der Waals surface area contributed by atoms with Gasteiger partial charge in [-0.2, -0.15) is 0 Å². The van der Waals surface area contributed by atoms with Crippen molar-refractivity contribution in [1.82, 2.24) is 5.32 Å². The Morgan fingerprint density at radius 2 is 1.94 bits per heavy atom. The standard InChI is InChI=1S/C13H20N2O2/c1-4-17-12-7-5-11(6-8-12)9(2)15-10(3)13(14)16/h5-10,15H,4H2,1-3H3,(H2,14,16). The summed E-state index contributed by atoms with van der Waals surface area (Å²) < 4.78 is 5.37. The fourth-order valence-corrected chi connectivity index (χ4v) is 1.57. The summed E-state index contributed by atoms with van der Waals surface area (Å²) in [5, 5.41) is 3.13. The number of nitrogens with two attached hydrogens (primary N) is 1. The summed E-state index contributed by atoms with van der Waals surface area (Å²) in [6, 6.07) is 7.55. The van der Waals surface area contributed by atoms with Crippen LogP contribution in [0.3, 0.4) is 0 Å². The summed E-state index contributed by atoms with van der Waals surface area (Å²) in [4.78, 5) is 10.9. The van der Waals surface area contributed by atoms with Crippen LogP contribution in [0.1, 0.15) is 32.4 Å². The van der Waals surface area contributed by atoms with Crippen LogP contribution in [-0.2, 0) is 4.79 Å². The van der Waals surface area contributed by atoms with Crippen molar-refractivity contribution in [2.75, 3.05) is 6.61 Å². The zero-order chi connectivity index (χ0) is 12.8. The van der Waals surface area contributed by atoms with Crippen LogP contribution in [0, 0.1) is 0 Å². The van der Waals surface area contributed by atoms with E-state index < -0.39 is 0 Å². The zero-order valence-electron chi connectivity index (χ0n) is 10.6. The van der Waals surface area contributed by atoms with Crippen LogP contribution in [0.25, 0.3) is 0 Å². The van der Waals surface area contributed by atoms with Crippen molar-refractivity contribution in [2.45, 2.75) is 32.9 Å². The molecule has 0 heterocycles. The zero-order valence-corrected chi connectivity index (χ0v) is 10.6. The van der Waals surface area contributed by atoms with Crippen molar-refractivity contribution >= 4 is 5.91 Å². The molecule has 94 valence electrons. The first-order valence-electron chi connectivity index (χ1n) is 5.82. The second-order valence-corrected chi connectivity index (χ2v) is 4.01. The molecule has 0 aromatic heterocycles. The van der Waals surface area contributed by atoms with E-state index in [2.05, 4.69) is 5.32 Å². The van der Waals surface area contributed by atoms with E-state index >= 15 is 0 Å².